The molecule has 2 aromatic carbocycles. The normalized spacial score (nSPS) is 25.1. The number of carbonyl (C=O) groups excluding carboxylic acids is 1. The molecule has 2 N–H and O–H groups in total. The number of benzene rings is 2. The fourth-order valence-electron chi connectivity index (χ4n) is 5.68. The number of para-hydroxylation sites is 1. The maximum Gasteiger partial charge on any atom is 0.254 e. The minimum atomic E-state index is 0.0354. The summed E-state index contributed by atoms with van der Waals surface area (Å²) >= 11 is 12.4. The maximum atomic E-state index is 13.7. The molecule has 3 heterocycles. The summed E-state index contributed by atoms with van der Waals surface area (Å²) in [6, 6.07) is 15.0. The zero-order valence-corrected chi connectivity index (χ0v) is 19.2. The van der Waals surface area contributed by atoms with Crippen LogP contribution < -0.4 is 4.90 Å². The number of halogens is 2. The number of aromatic nitrogens is 1. The summed E-state index contributed by atoms with van der Waals surface area (Å²) in [7, 11) is 2.31. The Morgan fingerprint density at radius 2 is 1.77 bits per heavy atom. The predicted octanol–water partition coefficient (Wildman–Crippen LogP) is 4.37. The van der Waals surface area contributed by atoms with Crippen molar-refractivity contribution < 1.29 is 9.69 Å². The van der Waals surface area contributed by atoms with Crippen molar-refractivity contribution in [2.45, 2.75) is 50.2 Å². The summed E-state index contributed by atoms with van der Waals surface area (Å²) < 4.78 is 0. The van der Waals surface area contributed by atoms with Gasteiger partial charge in [0.2, 0.25) is 0 Å². The molecule has 1 aromatic heterocycles. The van der Waals surface area contributed by atoms with E-state index in [0.717, 1.165) is 24.8 Å². The predicted molar refractivity (Wildman–Crippen MR) is 126 cm³/mol. The number of aromatic amines is 1. The fourth-order valence-corrected chi connectivity index (χ4v) is 6.20. The van der Waals surface area contributed by atoms with E-state index in [1.54, 1.807) is 23.1 Å². The molecule has 6 heteroatoms. The van der Waals surface area contributed by atoms with Crippen LogP contribution in [0.3, 0.4) is 0 Å². The third kappa shape index (κ3) is 4.09. The van der Waals surface area contributed by atoms with Gasteiger partial charge in [0, 0.05) is 71.0 Å². The molecule has 2 bridgehead atoms. The van der Waals surface area contributed by atoms with E-state index in [-0.39, 0.29) is 11.9 Å². The Labute approximate surface area is 193 Å². The monoisotopic (exact) mass is 456 g/mol. The van der Waals surface area contributed by atoms with Crippen LogP contribution in [0.1, 0.15) is 41.6 Å². The van der Waals surface area contributed by atoms with Gasteiger partial charge in [0.05, 0.1) is 19.1 Å². The second-order valence-corrected chi connectivity index (χ2v) is 9.98. The first-order chi connectivity index (χ1) is 15.0. The number of piperidine rings is 1. The molecular weight excluding hydrogens is 429 g/mol. The van der Waals surface area contributed by atoms with Crippen molar-refractivity contribution in [3.63, 3.8) is 0 Å². The van der Waals surface area contributed by atoms with Crippen LogP contribution in [0.2, 0.25) is 10.0 Å². The lowest BCUT2D eigenvalue weighted by Gasteiger charge is -2.40. The first-order valence-corrected chi connectivity index (χ1v) is 11.9. The first kappa shape index (κ1) is 20.9. The molecule has 2 aliphatic rings. The van der Waals surface area contributed by atoms with Gasteiger partial charge in [-0.25, -0.2) is 0 Å². The van der Waals surface area contributed by atoms with Crippen molar-refractivity contribution in [2.24, 2.45) is 0 Å². The van der Waals surface area contributed by atoms with Crippen LogP contribution in [0.5, 0.6) is 0 Å². The minimum Gasteiger partial charge on any atom is -0.361 e. The number of fused-ring (bicyclic) bond motifs is 3. The largest absolute Gasteiger partial charge is 0.361 e. The lowest BCUT2D eigenvalue weighted by Crippen LogP contribution is -3.15. The van der Waals surface area contributed by atoms with Gasteiger partial charge >= 0.3 is 0 Å². The molecule has 31 heavy (non-hydrogen) atoms. The van der Waals surface area contributed by atoms with E-state index < -0.39 is 0 Å². The number of nitrogens with zero attached hydrogens (tertiary/aromatic N) is 1. The van der Waals surface area contributed by atoms with Crippen LogP contribution in [0.15, 0.2) is 48.7 Å². The minimum absolute atomic E-state index is 0.0354. The first-order valence-electron chi connectivity index (χ1n) is 11.1. The third-order valence-corrected chi connectivity index (χ3v) is 7.81. The topological polar surface area (TPSA) is 40.5 Å². The summed E-state index contributed by atoms with van der Waals surface area (Å²) in [5.74, 6) is 0.0354. The molecule has 5 rings (SSSR count). The Balaban J connectivity index is 1.43. The number of hydrogen-bond acceptors (Lipinski definition) is 1. The number of hydrogen-bond donors (Lipinski definition) is 2. The standard InChI is InChI=1S/C25H27Cl2N3O/c1-29-20-6-7-21(29)14-22(13-20)30(25(31)17-10-18(26)12-19(27)11-17)9-8-16-15-28-24-5-3-2-4-23(16)24/h2-5,10-12,15,20-22,28H,6-9,13-14H2,1H3/p+1. The highest BCUT2D eigenvalue weighted by atomic mass is 35.5. The highest BCUT2D eigenvalue weighted by molar-refractivity contribution is 6.35. The van der Waals surface area contributed by atoms with Crippen molar-refractivity contribution in [3.8, 4) is 0 Å². The second kappa shape index (κ2) is 8.50. The van der Waals surface area contributed by atoms with Gasteiger partial charge in [0.1, 0.15) is 0 Å². The number of carbonyl (C=O) groups is 1. The van der Waals surface area contributed by atoms with E-state index in [1.807, 2.05) is 6.07 Å². The van der Waals surface area contributed by atoms with Crippen molar-refractivity contribution in [2.75, 3.05) is 13.6 Å². The third-order valence-electron chi connectivity index (χ3n) is 7.37. The van der Waals surface area contributed by atoms with Crippen molar-refractivity contribution in [3.05, 3.63) is 69.8 Å². The molecular formula is C25H28Cl2N3O+. The smallest absolute Gasteiger partial charge is 0.254 e. The van der Waals surface area contributed by atoms with Gasteiger partial charge < -0.3 is 14.8 Å². The van der Waals surface area contributed by atoms with Gasteiger partial charge in [0.25, 0.3) is 5.91 Å². The Morgan fingerprint density at radius 3 is 2.48 bits per heavy atom. The van der Waals surface area contributed by atoms with Crippen LogP contribution in [-0.4, -0.2) is 47.5 Å². The molecule has 2 atom stereocenters. The molecule has 0 saturated carbocycles. The molecule has 1 amide bonds. The second-order valence-electron chi connectivity index (χ2n) is 9.11. The van der Waals surface area contributed by atoms with E-state index in [2.05, 4.69) is 41.3 Å². The van der Waals surface area contributed by atoms with Gasteiger partial charge in [0.15, 0.2) is 0 Å². The highest BCUT2D eigenvalue weighted by Gasteiger charge is 2.45. The summed E-state index contributed by atoms with van der Waals surface area (Å²) in [6.45, 7) is 0.688. The van der Waals surface area contributed by atoms with E-state index in [4.69, 9.17) is 23.2 Å². The van der Waals surface area contributed by atoms with Gasteiger partial charge in [-0.15, -0.1) is 0 Å². The summed E-state index contributed by atoms with van der Waals surface area (Å²) in [5.41, 5.74) is 2.96. The number of amides is 1. The molecule has 2 unspecified atom stereocenters. The maximum absolute atomic E-state index is 13.7. The van der Waals surface area contributed by atoms with E-state index >= 15 is 0 Å². The van der Waals surface area contributed by atoms with Crippen LogP contribution >= 0.6 is 23.2 Å². The number of H-pyrrole nitrogens is 1. The molecule has 4 nitrogen and oxygen atoms in total. The number of rotatable bonds is 5. The van der Waals surface area contributed by atoms with E-state index in [9.17, 15) is 4.79 Å². The number of nitrogens with one attached hydrogen (secondary N) is 2. The van der Waals surface area contributed by atoms with E-state index in [0.29, 0.717) is 34.2 Å². The van der Waals surface area contributed by atoms with Gasteiger partial charge in [-0.3, -0.25) is 4.79 Å². The Morgan fingerprint density at radius 1 is 1.10 bits per heavy atom. The summed E-state index contributed by atoms with van der Waals surface area (Å²) in [4.78, 5) is 20.8. The van der Waals surface area contributed by atoms with E-state index in [1.165, 1.54) is 23.8 Å². The zero-order valence-electron chi connectivity index (χ0n) is 17.7. The SMILES string of the molecule is C[NH+]1C2CCC1CC(N(CCc1c[nH]c3ccccc13)C(=O)c1cc(Cl)cc(Cl)c1)C2. The highest BCUT2D eigenvalue weighted by Crippen LogP contribution is 2.29. The van der Waals surface area contributed by atoms with Crippen molar-refractivity contribution in [1.82, 2.24) is 9.88 Å². The van der Waals surface area contributed by atoms with Gasteiger partial charge in [-0.2, -0.15) is 0 Å². The van der Waals surface area contributed by atoms with Crippen LogP contribution in [0, 0.1) is 0 Å². The Kier molecular flexibility index (Phi) is 5.72. The summed E-state index contributed by atoms with van der Waals surface area (Å²) in [6.07, 6.45) is 7.55. The van der Waals surface area contributed by atoms with Crippen LogP contribution in [0.4, 0.5) is 0 Å². The zero-order chi connectivity index (χ0) is 21.5. The summed E-state index contributed by atoms with van der Waals surface area (Å²) in [5, 5.41) is 2.23. The molecule has 162 valence electrons. The fraction of sp³-hybridized carbons (Fsp3) is 0.400. The average Bonchev–Trinajstić information content (AvgIpc) is 3.23. The average molecular weight is 457 g/mol. The Bertz CT molecular complexity index is 1080. The van der Waals surface area contributed by atoms with Crippen molar-refractivity contribution in [1.29, 1.82) is 0 Å². The molecule has 0 aliphatic carbocycles. The molecule has 3 aromatic rings. The number of quaternary nitrogens is 1. The quantitative estimate of drug-likeness (QED) is 0.587. The Hall–Kier alpha value is -2.01. The molecule has 2 aliphatic heterocycles. The molecule has 0 radical (unpaired) electrons. The lowest BCUT2D eigenvalue weighted by molar-refractivity contribution is -0.922. The molecule has 0 spiro atoms. The van der Waals surface area contributed by atoms with Crippen molar-refractivity contribution >= 4 is 40.0 Å². The van der Waals surface area contributed by atoms with Crippen LogP contribution in [0.25, 0.3) is 10.9 Å². The lowest BCUT2D eigenvalue weighted by atomic mass is 9.95. The molecule has 2 saturated heterocycles. The molecule has 2 fully saturated rings. The van der Waals surface area contributed by atoms with Crippen LogP contribution in [-0.2, 0) is 6.42 Å². The van der Waals surface area contributed by atoms with Gasteiger partial charge in [-0.1, -0.05) is 41.4 Å². The van der Waals surface area contributed by atoms with Gasteiger partial charge in [-0.05, 0) is 36.2 Å².